The fourth-order valence-electron chi connectivity index (χ4n) is 2.30. The Morgan fingerprint density at radius 3 is 2.57 bits per heavy atom. The number of nitrogens with two attached hydrogens (primary N) is 1. The molecule has 0 aliphatic rings. The zero-order chi connectivity index (χ0) is 15.4. The minimum Gasteiger partial charge on any atom is -0.466 e. The Morgan fingerprint density at radius 2 is 1.95 bits per heavy atom. The molecule has 0 amide bonds. The van der Waals surface area contributed by atoms with Crippen molar-refractivity contribution in [3.8, 4) is 0 Å². The number of ether oxygens (including phenoxy) is 1. The van der Waals surface area contributed by atoms with Crippen LogP contribution >= 0.6 is 0 Å². The minimum atomic E-state index is -0.212. The van der Waals surface area contributed by atoms with Crippen molar-refractivity contribution in [1.29, 1.82) is 0 Å². The monoisotopic (exact) mass is 287 g/mol. The topological polar surface area (TPSA) is 70.1 Å². The molecule has 0 radical (unpaired) electrons. The maximum atomic E-state index is 11.6. The lowest BCUT2D eigenvalue weighted by Crippen LogP contribution is -2.09. The number of carbonyl (C=O) groups excluding carboxylic acids is 1. The van der Waals surface area contributed by atoms with Crippen LogP contribution < -0.4 is 5.73 Å². The zero-order valence-corrected chi connectivity index (χ0v) is 12.7. The number of hydrogen-bond donors (Lipinski definition) is 1. The van der Waals surface area contributed by atoms with Crippen LogP contribution in [0.5, 0.6) is 0 Å². The van der Waals surface area contributed by atoms with Crippen LogP contribution in [0.25, 0.3) is 0 Å². The summed E-state index contributed by atoms with van der Waals surface area (Å²) in [4.78, 5) is 11.6. The minimum absolute atomic E-state index is 0.212. The molecular formula is C16H21N3O2. The van der Waals surface area contributed by atoms with E-state index in [-0.39, 0.29) is 12.4 Å². The molecule has 5 heteroatoms. The first-order chi connectivity index (χ1) is 10.0. The van der Waals surface area contributed by atoms with Crippen LogP contribution in [0.3, 0.4) is 0 Å². The first-order valence-electron chi connectivity index (χ1n) is 7.04. The van der Waals surface area contributed by atoms with E-state index in [0.717, 1.165) is 28.2 Å². The predicted octanol–water partition coefficient (Wildman–Crippen LogP) is 2.24. The molecule has 0 saturated heterocycles. The number of benzene rings is 1. The number of anilines is 1. The van der Waals surface area contributed by atoms with E-state index < -0.39 is 0 Å². The van der Waals surface area contributed by atoms with Gasteiger partial charge in [-0.25, -0.2) is 0 Å². The lowest BCUT2D eigenvalue weighted by Gasteiger charge is -2.06. The molecule has 21 heavy (non-hydrogen) atoms. The van der Waals surface area contributed by atoms with Crippen LogP contribution in [-0.2, 0) is 22.5 Å². The number of carbonyl (C=O) groups is 1. The van der Waals surface area contributed by atoms with Crippen LogP contribution in [0.1, 0.15) is 29.4 Å². The molecule has 112 valence electrons. The van der Waals surface area contributed by atoms with Crippen molar-refractivity contribution >= 4 is 11.7 Å². The Bertz CT molecular complexity index is 630. The fourth-order valence-corrected chi connectivity index (χ4v) is 2.30. The van der Waals surface area contributed by atoms with E-state index in [0.29, 0.717) is 13.2 Å². The molecule has 5 nitrogen and oxygen atoms in total. The average Bonchev–Trinajstić information content (AvgIpc) is 2.69. The Kier molecular flexibility index (Phi) is 4.62. The van der Waals surface area contributed by atoms with E-state index in [1.54, 1.807) is 0 Å². The summed E-state index contributed by atoms with van der Waals surface area (Å²) in [6, 6.07) is 7.72. The van der Waals surface area contributed by atoms with Crippen molar-refractivity contribution in [2.45, 2.75) is 33.7 Å². The van der Waals surface area contributed by atoms with Crippen molar-refractivity contribution in [3.05, 3.63) is 46.8 Å². The number of aryl methyl sites for hydroxylation is 1. The average molecular weight is 287 g/mol. The lowest BCUT2D eigenvalue weighted by atomic mass is 10.1. The molecule has 0 spiro atoms. The van der Waals surface area contributed by atoms with E-state index >= 15 is 0 Å². The Labute approximate surface area is 124 Å². The van der Waals surface area contributed by atoms with Gasteiger partial charge in [-0.05, 0) is 38.5 Å². The third-order valence-corrected chi connectivity index (χ3v) is 3.47. The number of nitrogens with zero attached hydrogens (tertiary/aromatic N) is 2. The smallest absolute Gasteiger partial charge is 0.310 e. The summed E-state index contributed by atoms with van der Waals surface area (Å²) >= 11 is 0. The fraction of sp³-hybridized carbons (Fsp3) is 0.375. The molecule has 1 aromatic carbocycles. The Morgan fingerprint density at radius 1 is 1.29 bits per heavy atom. The molecule has 0 fully saturated rings. The SMILES string of the molecule is CCOC(=O)Cc1c(C)nn(Cc2ccc(N)cc2)c1C. The molecule has 0 saturated carbocycles. The molecule has 1 aromatic heterocycles. The molecule has 0 atom stereocenters. The van der Waals surface area contributed by atoms with Gasteiger partial charge in [0.1, 0.15) is 0 Å². The number of aromatic nitrogens is 2. The Hall–Kier alpha value is -2.30. The molecule has 2 aromatic rings. The van der Waals surface area contributed by atoms with E-state index in [1.807, 2.05) is 49.7 Å². The molecule has 0 aliphatic carbocycles. The summed E-state index contributed by atoms with van der Waals surface area (Å²) in [5.74, 6) is -0.212. The molecule has 0 unspecified atom stereocenters. The van der Waals surface area contributed by atoms with Crippen molar-refractivity contribution in [2.75, 3.05) is 12.3 Å². The number of rotatable bonds is 5. The lowest BCUT2D eigenvalue weighted by molar-refractivity contribution is -0.142. The van der Waals surface area contributed by atoms with E-state index in [9.17, 15) is 4.79 Å². The predicted molar refractivity (Wildman–Crippen MR) is 82.0 cm³/mol. The maximum Gasteiger partial charge on any atom is 0.310 e. The third kappa shape index (κ3) is 3.62. The summed E-state index contributed by atoms with van der Waals surface area (Å²) in [6.07, 6.45) is 0.271. The van der Waals surface area contributed by atoms with Crippen LogP contribution in [0.4, 0.5) is 5.69 Å². The summed E-state index contributed by atoms with van der Waals surface area (Å²) in [5.41, 5.74) is 10.4. The zero-order valence-electron chi connectivity index (χ0n) is 12.7. The largest absolute Gasteiger partial charge is 0.466 e. The second-order valence-corrected chi connectivity index (χ2v) is 5.03. The van der Waals surface area contributed by atoms with E-state index in [4.69, 9.17) is 10.5 Å². The van der Waals surface area contributed by atoms with Crippen LogP contribution in [0, 0.1) is 13.8 Å². The standard InChI is InChI=1S/C16H21N3O2/c1-4-21-16(20)9-15-11(2)18-19(12(15)3)10-13-5-7-14(17)8-6-13/h5-8H,4,9-10,17H2,1-3H3. The van der Waals surface area contributed by atoms with Gasteiger partial charge in [0, 0.05) is 16.9 Å². The molecular weight excluding hydrogens is 266 g/mol. The quantitative estimate of drug-likeness (QED) is 0.676. The van der Waals surface area contributed by atoms with Crippen LogP contribution in [-0.4, -0.2) is 22.4 Å². The van der Waals surface area contributed by atoms with Gasteiger partial charge in [-0.1, -0.05) is 12.1 Å². The van der Waals surface area contributed by atoms with Crippen LogP contribution in [0.2, 0.25) is 0 Å². The Balaban J connectivity index is 2.18. The summed E-state index contributed by atoms with van der Waals surface area (Å²) in [6.45, 7) is 6.77. The maximum absolute atomic E-state index is 11.6. The number of esters is 1. The second-order valence-electron chi connectivity index (χ2n) is 5.03. The summed E-state index contributed by atoms with van der Waals surface area (Å²) in [5, 5.41) is 4.52. The van der Waals surface area contributed by atoms with Crippen molar-refractivity contribution in [3.63, 3.8) is 0 Å². The van der Waals surface area contributed by atoms with Gasteiger partial charge in [0.25, 0.3) is 0 Å². The highest BCUT2D eigenvalue weighted by Gasteiger charge is 2.15. The normalized spacial score (nSPS) is 10.6. The number of hydrogen-bond acceptors (Lipinski definition) is 4. The van der Waals surface area contributed by atoms with Gasteiger partial charge in [-0.2, -0.15) is 5.10 Å². The van der Waals surface area contributed by atoms with Gasteiger partial charge in [0.05, 0.1) is 25.3 Å². The van der Waals surface area contributed by atoms with Crippen molar-refractivity contribution in [1.82, 2.24) is 9.78 Å². The molecule has 0 aliphatic heterocycles. The van der Waals surface area contributed by atoms with Crippen LogP contribution in [0.15, 0.2) is 24.3 Å². The summed E-state index contributed by atoms with van der Waals surface area (Å²) in [7, 11) is 0. The van der Waals surface area contributed by atoms with Gasteiger partial charge in [-0.3, -0.25) is 9.48 Å². The van der Waals surface area contributed by atoms with Gasteiger partial charge < -0.3 is 10.5 Å². The molecule has 1 heterocycles. The highest BCUT2D eigenvalue weighted by atomic mass is 16.5. The second kappa shape index (κ2) is 6.43. The van der Waals surface area contributed by atoms with Gasteiger partial charge in [0.15, 0.2) is 0 Å². The van der Waals surface area contributed by atoms with E-state index in [2.05, 4.69) is 5.10 Å². The van der Waals surface area contributed by atoms with Crippen molar-refractivity contribution in [2.24, 2.45) is 0 Å². The number of nitrogen functional groups attached to an aromatic ring is 1. The van der Waals surface area contributed by atoms with Gasteiger partial charge in [0.2, 0.25) is 0 Å². The molecule has 2 rings (SSSR count). The highest BCUT2D eigenvalue weighted by molar-refractivity contribution is 5.73. The first-order valence-corrected chi connectivity index (χ1v) is 7.04. The summed E-state index contributed by atoms with van der Waals surface area (Å²) < 4.78 is 6.92. The van der Waals surface area contributed by atoms with E-state index in [1.165, 1.54) is 0 Å². The first kappa shape index (κ1) is 15.1. The molecule has 0 bridgehead atoms. The highest BCUT2D eigenvalue weighted by Crippen LogP contribution is 2.16. The molecule has 2 N–H and O–H groups in total. The van der Waals surface area contributed by atoms with Crippen molar-refractivity contribution < 1.29 is 9.53 Å². The van der Waals surface area contributed by atoms with Gasteiger partial charge in [-0.15, -0.1) is 0 Å². The van der Waals surface area contributed by atoms with Gasteiger partial charge >= 0.3 is 5.97 Å². The third-order valence-electron chi connectivity index (χ3n) is 3.47.